The van der Waals surface area contributed by atoms with Crippen LogP contribution in [0, 0.1) is 0 Å². The molecule has 3 amide bonds. The summed E-state index contributed by atoms with van der Waals surface area (Å²) in [5.41, 5.74) is 0. The third-order valence-electron chi connectivity index (χ3n) is 3.59. The molecule has 1 N–H and O–H groups in total. The van der Waals surface area contributed by atoms with E-state index in [-0.39, 0.29) is 11.9 Å². The lowest BCUT2D eigenvalue weighted by Crippen LogP contribution is -2.63. The van der Waals surface area contributed by atoms with Crippen molar-refractivity contribution in [2.24, 2.45) is 4.99 Å². The second kappa shape index (κ2) is 6.98. The van der Waals surface area contributed by atoms with Crippen LogP contribution in [0.15, 0.2) is 17.1 Å². The van der Waals surface area contributed by atoms with Gasteiger partial charge in [-0.2, -0.15) is 0 Å². The normalized spacial score (nSPS) is 25.4. The van der Waals surface area contributed by atoms with Crippen LogP contribution in [-0.2, 0) is 4.79 Å². The van der Waals surface area contributed by atoms with E-state index in [1.807, 2.05) is 24.0 Å². The topological polar surface area (TPSA) is 65.0 Å². The Bertz CT molecular complexity index is 478. The van der Waals surface area contributed by atoms with Crippen LogP contribution in [0.1, 0.15) is 26.7 Å². The van der Waals surface area contributed by atoms with Gasteiger partial charge in [0.15, 0.2) is 17.4 Å². The third kappa shape index (κ3) is 3.23. The van der Waals surface area contributed by atoms with Crippen molar-refractivity contribution in [3.63, 3.8) is 0 Å². The minimum atomic E-state index is -0.423. The zero-order valence-corrected chi connectivity index (χ0v) is 13.5. The number of unbranched alkanes of at least 4 members (excludes halogenated alkanes) is 1. The minimum absolute atomic E-state index is 0.262. The Labute approximate surface area is 129 Å². The highest BCUT2D eigenvalue weighted by atomic mass is 32.2. The molecule has 0 aromatic carbocycles. The van der Waals surface area contributed by atoms with Gasteiger partial charge in [0.25, 0.3) is 5.91 Å². The molecule has 2 heterocycles. The van der Waals surface area contributed by atoms with Gasteiger partial charge in [-0.3, -0.25) is 10.1 Å². The number of fused-ring (bicyclic) bond motifs is 1. The lowest BCUT2D eigenvalue weighted by molar-refractivity contribution is -0.126. The van der Waals surface area contributed by atoms with Crippen molar-refractivity contribution < 1.29 is 9.59 Å². The first-order chi connectivity index (χ1) is 10.1. The average Bonchev–Trinajstić information content (AvgIpc) is 2.82. The molecule has 0 saturated carbocycles. The number of allylic oxidation sites excluding steroid dienone is 1. The number of nitrogens with one attached hydrogen (secondary N) is 1. The van der Waals surface area contributed by atoms with Gasteiger partial charge in [0.1, 0.15) is 0 Å². The zero-order valence-electron chi connectivity index (χ0n) is 12.7. The van der Waals surface area contributed by atoms with Crippen LogP contribution >= 0.6 is 11.8 Å². The predicted molar refractivity (Wildman–Crippen MR) is 85.2 cm³/mol. The Hall–Kier alpha value is -1.50. The van der Waals surface area contributed by atoms with Crippen LogP contribution in [0.25, 0.3) is 0 Å². The molecule has 0 aromatic heterocycles. The van der Waals surface area contributed by atoms with Gasteiger partial charge >= 0.3 is 6.03 Å². The highest BCUT2D eigenvalue weighted by molar-refractivity contribution is 8.13. The fraction of sp³-hybridized carbons (Fsp3) is 0.643. The largest absolute Gasteiger partial charge is 0.332 e. The van der Waals surface area contributed by atoms with Crippen molar-refractivity contribution >= 4 is 28.9 Å². The molecule has 21 heavy (non-hydrogen) atoms. The number of imide groups is 1. The Balaban J connectivity index is 2.20. The Morgan fingerprint density at radius 1 is 1.43 bits per heavy atom. The van der Waals surface area contributed by atoms with Crippen LogP contribution < -0.4 is 5.32 Å². The zero-order chi connectivity index (χ0) is 15.4. The van der Waals surface area contributed by atoms with Crippen LogP contribution in [0.3, 0.4) is 0 Å². The quantitative estimate of drug-likeness (QED) is 0.619. The molecule has 0 spiro atoms. The van der Waals surface area contributed by atoms with Crippen LogP contribution in [-0.4, -0.2) is 58.5 Å². The molecule has 0 bridgehead atoms. The molecule has 6 nitrogen and oxygen atoms in total. The number of amidine groups is 1. The van der Waals surface area contributed by atoms with Gasteiger partial charge < -0.3 is 9.80 Å². The molecule has 116 valence electrons. The molecular formula is C14H22N4O2S. The van der Waals surface area contributed by atoms with E-state index >= 15 is 0 Å². The maximum Gasteiger partial charge on any atom is 0.325 e. The summed E-state index contributed by atoms with van der Waals surface area (Å²) in [5.74, 6) is 0.711. The lowest BCUT2D eigenvalue weighted by atomic mass is 10.1. The van der Waals surface area contributed by atoms with Gasteiger partial charge in [-0.1, -0.05) is 37.3 Å². The highest BCUT2D eigenvalue weighted by Crippen LogP contribution is 2.28. The number of thioether (sulfide) groups is 1. The average molecular weight is 310 g/mol. The van der Waals surface area contributed by atoms with Crippen LogP contribution in [0.4, 0.5) is 4.79 Å². The Kier molecular flexibility index (Phi) is 5.27. The van der Waals surface area contributed by atoms with Gasteiger partial charge in [0, 0.05) is 19.3 Å². The first-order valence-electron chi connectivity index (χ1n) is 7.26. The van der Waals surface area contributed by atoms with E-state index in [4.69, 9.17) is 0 Å². The monoisotopic (exact) mass is 310 g/mol. The Morgan fingerprint density at radius 2 is 2.19 bits per heavy atom. The molecule has 0 aromatic rings. The summed E-state index contributed by atoms with van der Waals surface area (Å²) in [6.45, 7) is 4.73. The van der Waals surface area contributed by atoms with Crippen LogP contribution in [0.2, 0.25) is 0 Å². The van der Waals surface area contributed by atoms with Crippen LogP contribution in [0.5, 0.6) is 0 Å². The molecular weight excluding hydrogens is 288 g/mol. The van der Waals surface area contributed by atoms with Crippen molar-refractivity contribution in [3.05, 3.63) is 12.2 Å². The Morgan fingerprint density at radius 3 is 2.86 bits per heavy atom. The number of hydrogen-bond acceptors (Lipinski definition) is 5. The van der Waals surface area contributed by atoms with Crippen molar-refractivity contribution in [2.45, 2.75) is 38.9 Å². The number of aliphatic imine (C=N–C) groups is 1. The predicted octanol–water partition coefficient (Wildman–Crippen LogP) is 1.64. The first kappa shape index (κ1) is 15.9. The molecule has 0 radical (unpaired) electrons. The number of rotatable bonds is 5. The molecule has 7 heteroatoms. The van der Waals surface area contributed by atoms with Gasteiger partial charge in [0.2, 0.25) is 0 Å². The van der Waals surface area contributed by atoms with E-state index in [1.54, 1.807) is 18.8 Å². The number of likely N-dealkylation sites (N-methyl/N-ethyl adjacent to an activating group) is 1. The van der Waals surface area contributed by atoms with Crippen molar-refractivity contribution in [1.82, 2.24) is 15.1 Å². The fourth-order valence-electron chi connectivity index (χ4n) is 2.34. The second-order valence-corrected chi connectivity index (χ2v) is 6.16. The fourth-order valence-corrected chi connectivity index (χ4v) is 3.49. The van der Waals surface area contributed by atoms with Crippen molar-refractivity contribution in [2.75, 3.05) is 19.3 Å². The number of carbonyl (C=O) groups is 2. The molecule has 1 saturated heterocycles. The van der Waals surface area contributed by atoms with Gasteiger partial charge in [0.05, 0.1) is 0 Å². The summed E-state index contributed by atoms with van der Waals surface area (Å²) in [6, 6.07) is -0.802. The van der Waals surface area contributed by atoms with Gasteiger partial charge in [-0.25, -0.2) is 9.79 Å². The summed E-state index contributed by atoms with van der Waals surface area (Å²) < 4.78 is 0. The molecule has 2 aliphatic rings. The maximum absolute atomic E-state index is 12.2. The molecule has 0 aliphatic carbocycles. The summed E-state index contributed by atoms with van der Waals surface area (Å²) in [4.78, 5) is 32.0. The maximum atomic E-state index is 12.2. The first-order valence-corrected chi connectivity index (χ1v) is 8.24. The van der Waals surface area contributed by atoms with Crippen molar-refractivity contribution in [1.29, 1.82) is 0 Å². The van der Waals surface area contributed by atoms with E-state index in [0.717, 1.165) is 23.8 Å². The molecule has 2 unspecified atom stereocenters. The second-order valence-electron chi connectivity index (χ2n) is 5.10. The molecule has 2 aliphatic heterocycles. The third-order valence-corrected chi connectivity index (χ3v) is 4.68. The molecule has 1 fully saturated rings. The number of urea groups is 1. The number of carbonyl (C=O) groups excluding carboxylic acids is 2. The minimum Gasteiger partial charge on any atom is -0.332 e. The van der Waals surface area contributed by atoms with E-state index in [0.29, 0.717) is 6.54 Å². The SMILES string of the molecule is C/C=C/CN1C(SCCCC)=NC2C1C(=O)NC(=O)N2C. The summed E-state index contributed by atoms with van der Waals surface area (Å²) in [6.07, 6.45) is 5.78. The summed E-state index contributed by atoms with van der Waals surface area (Å²) in [7, 11) is 1.68. The highest BCUT2D eigenvalue weighted by Gasteiger charge is 2.48. The number of amides is 3. The van der Waals surface area contributed by atoms with Gasteiger partial charge in [-0.05, 0) is 13.3 Å². The standard InChI is InChI=1S/C14H22N4O2S/c1-4-6-8-18-10-11(15-14(18)21-9-7-5-2)17(3)13(20)16-12(10)19/h4,6,10-11H,5,7-9H2,1-3H3,(H,16,19,20)/b6-4+. The number of hydrogen-bond donors (Lipinski definition) is 1. The number of nitrogens with zero attached hydrogens (tertiary/aromatic N) is 3. The molecule has 2 atom stereocenters. The summed E-state index contributed by atoms with van der Waals surface area (Å²) in [5, 5.41) is 3.25. The van der Waals surface area contributed by atoms with Crippen molar-refractivity contribution in [3.8, 4) is 0 Å². The lowest BCUT2D eigenvalue weighted by Gasteiger charge is -2.35. The molecule has 2 rings (SSSR count). The summed E-state index contributed by atoms with van der Waals surface area (Å²) >= 11 is 1.66. The smallest absolute Gasteiger partial charge is 0.325 e. The van der Waals surface area contributed by atoms with E-state index in [2.05, 4.69) is 17.2 Å². The van der Waals surface area contributed by atoms with E-state index in [1.165, 1.54) is 4.90 Å². The van der Waals surface area contributed by atoms with Gasteiger partial charge in [-0.15, -0.1) is 0 Å². The van der Waals surface area contributed by atoms with E-state index in [9.17, 15) is 9.59 Å². The van der Waals surface area contributed by atoms with E-state index < -0.39 is 12.2 Å².